The first kappa shape index (κ1) is 10.4. The third kappa shape index (κ3) is 1.95. The number of ether oxygens (including phenoxy) is 1. The molecule has 0 spiro atoms. The van der Waals surface area contributed by atoms with E-state index in [1.54, 1.807) is 0 Å². The van der Waals surface area contributed by atoms with Gasteiger partial charge in [0.1, 0.15) is 0 Å². The van der Waals surface area contributed by atoms with E-state index < -0.39 is 0 Å². The van der Waals surface area contributed by atoms with E-state index in [9.17, 15) is 0 Å². The number of likely N-dealkylation sites (tertiary alicyclic amines) is 1. The number of nitrogens with two attached hydrogens (primary N) is 1. The van der Waals surface area contributed by atoms with E-state index in [1.165, 1.54) is 32.2 Å². The molecule has 14 heavy (non-hydrogen) atoms. The second-order valence-electron chi connectivity index (χ2n) is 4.47. The van der Waals surface area contributed by atoms with Crippen molar-refractivity contribution >= 4 is 0 Å². The molecule has 0 aromatic rings. The molecular formula is C11H22N2O. The lowest BCUT2D eigenvalue weighted by molar-refractivity contribution is -0.0487. The van der Waals surface area contributed by atoms with Gasteiger partial charge in [0.25, 0.3) is 0 Å². The maximum Gasteiger partial charge on any atom is 0.0604 e. The maximum atomic E-state index is 5.76. The zero-order chi connectivity index (χ0) is 9.97. The lowest BCUT2D eigenvalue weighted by Crippen LogP contribution is -2.51. The Labute approximate surface area is 86.6 Å². The summed E-state index contributed by atoms with van der Waals surface area (Å²) in [6.45, 7) is 5.02. The Morgan fingerprint density at radius 1 is 1.43 bits per heavy atom. The smallest absolute Gasteiger partial charge is 0.0604 e. The van der Waals surface area contributed by atoms with Gasteiger partial charge in [-0.2, -0.15) is 0 Å². The molecule has 1 aliphatic carbocycles. The summed E-state index contributed by atoms with van der Waals surface area (Å²) < 4.78 is 5.58. The Morgan fingerprint density at radius 3 is 2.86 bits per heavy atom. The molecule has 0 aromatic carbocycles. The van der Waals surface area contributed by atoms with Crippen molar-refractivity contribution in [1.29, 1.82) is 0 Å². The van der Waals surface area contributed by atoms with Crippen LogP contribution < -0.4 is 5.73 Å². The molecule has 2 N–H and O–H groups in total. The Hall–Kier alpha value is -0.120. The topological polar surface area (TPSA) is 38.5 Å². The van der Waals surface area contributed by atoms with Crippen molar-refractivity contribution in [3.8, 4) is 0 Å². The standard InChI is InChI=1S/C11H22N2O/c1-2-14-11-6-10(7-11)13-5-3-4-9(13)8-12/h9-11H,2-8,12H2,1H3. The summed E-state index contributed by atoms with van der Waals surface area (Å²) in [6.07, 6.45) is 5.61. The Bertz CT molecular complexity index is 180. The second kappa shape index (κ2) is 4.60. The molecule has 0 aromatic heterocycles. The number of hydrogen-bond acceptors (Lipinski definition) is 3. The molecule has 3 heteroatoms. The van der Waals surface area contributed by atoms with Crippen LogP contribution in [-0.4, -0.2) is 42.8 Å². The average molecular weight is 198 g/mol. The summed E-state index contributed by atoms with van der Waals surface area (Å²) in [4.78, 5) is 2.61. The molecule has 2 fully saturated rings. The van der Waals surface area contributed by atoms with Crippen molar-refractivity contribution in [2.75, 3.05) is 19.7 Å². The molecule has 3 nitrogen and oxygen atoms in total. The molecule has 1 aliphatic heterocycles. The van der Waals surface area contributed by atoms with Gasteiger partial charge in [-0.3, -0.25) is 4.90 Å². The fourth-order valence-electron chi connectivity index (χ4n) is 2.77. The highest BCUT2D eigenvalue weighted by atomic mass is 16.5. The monoisotopic (exact) mass is 198 g/mol. The summed E-state index contributed by atoms with van der Waals surface area (Å²) in [7, 11) is 0. The minimum Gasteiger partial charge on any atom is -0.378 e. The van der Waals surface area contributed by atoms with Gasteiger partial charge in [0.05, 0.1) is 6.10 Å². The lowest BCUT2D eigenvalue weighted by Gasteiger charge is -2.43. The van der Waals surface area contributed by atoms with Gasteiger partial charge >= 0.3 is 0 Å². The Balaban J connectivity index is 1.75. The van der Waals surface area contributed by atoms with Crippen LogP contribution in [0.15, 0.2) is 0 Å². The first-order chi connectivity index (χ1) is 6.85. The number of nitrogens with zero attached hydrogens (tertiary/aromatic N) is 1. The molecule has 1 heterocycles. The van der Waals surface area contributed by atoms with Gasteiger partial charge in [-0.25, -0.2) is 0 Å². The van der Waals surface area contributed by atoms with Crippen LogP contribution in [0.3, 0.4) is 0 Å². The zero-order valence-corrected chi connectivity index (χ0v) is 9.11. The van der Waals surface area contributed by atoms with Gasteiger partial charge in [-0.1, -0.05) is 0 Å². The van der Waals surface area contributed by atoms with Crippen molar-refractivity contribution in [3.05, 3.63) is 0 Å². The summed E-state index contributed by atoms with van der Waals surface area (Å²) in [5.41, 5.74) is 5.76. The van der Waals surface area contributed by atoms with Crippen LogP contribution in [0.2, 0.25) is 0 Å². The molecule has 0 bridgehead atoms. The summed E-state index contributed by atoms with van der Waals surface area (Å²) >= 11 is 0. The fraction of sp³-hybridized carbons (Fsp3) is 1.00. The van der Waals surface area contributed by atoms with E-state index >= 15 is 0 Å². The van der Waals surface area contributed by atoms with Crippen molar-refractivity contribution < 1.29 is 4.74 Å². The van der Waals surface area contributed by atoms with Crippen LogP contribution in [0.1, 0.15) is 32.6 Å². The number of rotatable bonds is 4. The molecule has 1 atom stereocenters. The Kier molecular flexibility index (Phi) is 3.42. The molecule has 0 radical (unpaired) electrons. The molecule has 1 unspecified atom stereocenters. The maximum absolute atomic E-state index is 5.76. The van der Waals surface area contributed by atoms with Gasteiger partial charge in [0, 0.05) is 25.2 Å². The normalized spacial score (nSPS) is 38.6. The van der Waals surface area contributed by atoms with Crippen molar-refractivity contribution in [3.63, 3.8) is 0 Å². The van der Waals surface area contributed by atoms with E-state index in [1.807, 2.05) is 0 Å². The fourth-order valence-corrected chi connectivity index (χ4v) is 2.77. The second-order valence-corrected chi connectivity index (χ2v) is 4.47. The molecular weight excluding hydrogens is 176 g/mol. The van der Waals surface area contributed by atoms with E-state index in [0.717, 1.165) is 19.2 Å². The van der Waals surface area contributed by atoms with E-state index in [0.29, 0.717) is 12.1 Å². The van der Waals surface area contributed by atoms with Crippen LogP contribution >= 0.6 is 0 Å². The molecule has 1 saturated carbocycles. The van der Waals surface area contributed by atoms with Crippen LogP contribution in [0.5, 0.6) is 0 Å². The molecule has 2 aliphatic rings. The van der Waals surface area contributed by atoms with Gasteiger partial charge < -0.3 is 10.5 Å². The molecule has 1 saturated heterocycles. The lowest BCUT2D eigenvalue weighted by atomic mass is 9.87. The van der Waals surface area contributed by atoms with Crippen molar-refractivity contribution in [2.45, 2.75) is 50.8 Å². The van der Waals surface area contributed by atoms with E-state index in [-0.39, 0.29) is 0 Å². The molecule has 82 valence electrons. The van der Waals surface area contributed by atoms with E-state index in [4.69, 9.17) is 10.5 Å². The van der Waals surface area contributed by atoms with Crippen molar-refractivity contribution in [2.24, 2.45) is 5.73 Å². The minimum absolute atomic E-state index is 0.532. The molecule has 2 rings (SSSR count). The summed E-state index contributed by atoms with van der Waals surface area (Å²) in [6, 6.07) is 1.42. The van der Waals surface area contributed by atoms with Gasteiger partial charge in [0.15, 0.2) is 0 Å². The highest BCUT2D eigenvalue weighted by Gasteiger charge is 2.38. The predicted molar refractivity (Wildman–Crippen MR) is 57.2 cm³/mol. The first-order valence-electron chi connectivity index (χ1n) is 5.92. The van der Waals surface area contributed by atoms with Gasteiger partial charge in [-0.05, 0) is 39.2 Å². The predicted octanol–water partition coefficient (Wildman–Crippen LogP) is 0.977. The van der Waals surface area contributed by atoms with Crippen LogP contribution in [0, 0.1) is 0 Å². The van der Waals surface area contributed by atoms with Crippen LogP contribution in [0.4, 0.5) is 0 Å². The third-order valence-electron chi connectivity index (χ3n) is 3.64. The zero-order valence-electron chi connectivity index (χ0n) is 9.11. The SMILES string of the molecule is CCOC1CC(N2CCCC2CN)C1. The molecule has 0 amide bonds. The largest absolute Gasteiger partial charge is 0.378 e. The van der Waals surface area contributed by atoms with Gasteiger partial charge in [-0.15, -0.1) is 0 Å². The quantitative estimate of drug-likeness (QED) is 0.731. The highest BCUT2D eigenvalue weighted by molar-refractivity contribution is 4.93. The van der Waals surface area contributed by atoms with Crippen molar-refractivity contribution in [1.82, 2.24) is 4.90 Å². The Morgan fingerprint density at radius 2 is 2.21 bits per heavy atom. The van der Waals surface area contributed by atoms with Crippen LogP contribution in [0.25, 0.3) is 0 Å². The van der Waals surface area contributed by atoms with Crippen LogP contribution in [-0.2, 0) is 4.74 Å². The number of hydrogen-bond donors (Lipinski definition) is 1. The third-order valence-corrected chi connectivity index (χ3v) is 3.64. The minimum atomic E-state index is 0.532. The highest BCUT2D eigenvalue weighted by Crippen LogP contribution is 2.32. The summed E-state index contributed by atoms with van der Waals surface area (Å²) in [5.74, 6) is 0. The summed E-state index contributed by atoms with van der Waals surface area (Å²) in [5, 5.41) is 0. The first-order valence-corrected chi connectivity index (χ1v) is 5.92. The average Bonchev–Trinajstić information content (AvgIpc) is 2.58. The van der Waals surface area contributed by atoms with E-state index in [2.05, 4.69) is 11.8 Å². The van der Waals surface area contributed by atoms with Gasteiger partial charge in [0.2, 0.25) is 0 Å².